The van der Waals surface area contributed by atoms with E-state index in [0.29, 0.717) is 6.54 Å². The molecular formula is C19H24N4O2. The molecule has 1 aromatic heterocycles. The number of para-hydroxylation sites is 1. The molecule has 25 heavy (non-hydrogen) atoms. The van der Waals surface area contributed by atoms with Crippen LogP contribution in [0.1, 0.15) is 38.2 Å². The lowest BCUT2D eigenvalue weighted by molar-refractivity contribution is -0.129. The number of carbonyl (C=O) groups excluding carboxylic acids is 2. The molecule has 1 aliphatic rings. The Morgan fingerprint density at radius 1 is 1.24 bits per heavy atom. The van der Waals surface area contributed by atoms with E-state index in [1.807, 2.05) is 36.5 Å². The van der Waals surface area contributed by atoms with Gasteiger partial charge in [0, 0.05) is 25.2 Å². The highest BCUT2D eigenvalue weighted by Crippen LogP contribution is 2.28. The molecule has 1 aliphatic carbocycles. The second-order valence-electron chi connectivity index (χ2n) is 6.57. The molecule has 1 aromatic carbocycles. The monoisotopic (exact) mass is 340 g/mol. The van der Waals surface area contributed by atoms with E-state index in [9.17, 15) is 9.59 Å². The SMILES string of the molecule is CC(=O)NC(C(=O)NCc1cnn(-c2ccccc2)c1)C1CCCC1. The molecule has 1 atom stereocenters. The predicted octanol–water partition coefficient (Wildman–Crippen LogP) is 2.18. The molecule has 1 saturated carbocycles. The van der Waals surface area contributed by atoms with Crippen LogP contribution in [0.5, 0.6) is 0 Å². The minimum atomic E-state index is -0.441. The van der Waals surface area contributed by atoms with Gasteiger partial charge < -0.3 is 10.6 Å². The van der Waals surface area contributed by atoms with Crippen LogP contribution in [-0.2, 0) is 16.1 Å². The number of aromatic nitrogens is 2. The van der Waals surface area contributed by atoms with E-state index in [-0.39, 0.29) is 17.7 Å². The topological polar surface area (TPSA) is 76.0 Å². The maximum Gasteiger partial charge on any atom is 0.243 e. The molecule has 6 heteroatoms. The van der Waals surface area contributed by atoms with Crippen molar-refractivity contribution in [3.63, 3.8) is 0 Å². The highest BCUT2D eigenvalue weighted by atomic mass is 16.2. The summed E-state index contributed by atoms with van der Waals surface area (Å²) >= 11 is 0. The fourth-order valence-electron chi connectivity index (χ4n) is 3.38. The number of nitrogens with zero attached hydrogens (tertiary/aromatic N) is 2. The van der Waals surface area contributed by atoms with E-state index in [1.54, 1.807) is 10.9 Å². The molecule has 132 valence electrons. The third kappa shape index (κ3) is 4.47. The van der Waals surface area contributed by atoms with Gasteiger partial charge in [-0.2, -0.15) is 5.10 Å². The van der Waals surface area contributed by atoms with Gasteiger partial charge >= 0.3 is 0 Å². The molecule has 0 bridgehead atoms. The number of carbonyl (C=O) groups is 2. The quantitative estimate of drug-likeness (QED) is 0.846. The normalized spacial score (nSPS) is 15.7. The van der Waals surface area contributed by atoms with Crippen molar-refractivity contribution in [3.8, 4) is 5.69 Å². The van der Waals surface area contributed by atoms with E-state index < -0.39 is 6.04 Å². The summed E-state index contributed by atoms with van der Waals surface area (Å²) in [5, 5.41) is 10.1. The van der Waals surface area contributed by atoms with Gasteiger partial charge in [0.05, 0.1) is 11.9 Å². The van der Waals surface area contributed by atoms with Crippen LogP contribution in [0.4, 0.5) is 0 Å². The van der Waals surface area contributed by atoms with Gasteiger partial charge in [-0.3, -0.25) is 9.59 Å². The fraction of sp³-hybridized carbons (Fsp3) is 0.421. The van der Waals surface area contributed by atoms with E-state index in [1.165, 1.54) is 6.92 Å². The van der Waals surface area contributed by atoms with Crippen molar-refractivity contribution >= 4 is 11.8 Å². The minimum absolute atomic E-state index is 0.116. The van der Waals surface area contributed by atoms with Gasteiger partial charge in [-0.1, -0.05) is 31.0 Å². The Bertz CT molecular complexity index is 720. The second-order valence-corrected chi connectivity index (χ2v) is 6.57. The summed E-state index contributed by atoms with van der Waals surface area (Å²) in [4.78, 5) is 24.0. The van der Waals surface area contributed by atoms with Crippen molar-refractivity contribution in [2.45, 2.75) is 45.2 Å². The van der Waals surface area contributed by atoms with Gasteiger partial charge in [0.15, 0.2) is 0 Å². The summed E-state index contributed by atoms with van der Waals surface area (Å²) in [6.45, 7) is 1.85. The molecule has 6 nitrogen and oxygen atoms in total. The average molecular weight is 340 g/mol. The Kier molecular flexibility index (Phi) is 5.48. The van der Waals surface area contributed by atoms with Crippen molar-refractivity contribution in [2.24, 2.45) is 5.92 Å². The van der Waals surface area contributed by atoms with Crippen LogP contribution in [0.2, 0.25) is 0 Å². The third-order valence-corrected chi connectivity index (χ3v) is 4.64. The fourth-order valence-corrected chi connectivity index (χ4v) is 3.38. The lowest BCUT2D eigenvalue weighted by atomic mass is 9.97. The zero-order valence-electron chi connectivity index (χ0n) is 14.4. The predicted molar refractivity (Wildman–Crippen MR) is 95.0 cm³/mol. The standard InChI is InChI=1S/C19H24N4O2/c1-14(24)22-18(16-7-5-6-8-16)19(25)20-11-15-12-21-23(13-15)17-9-3-2-4-10-17/h2-4,9-10,12-13,16,18H,5-8,11H2,1H3,(H,20,25)(H,22,24). The van der Waals surface area contributed by atoms with E-state index in [4.69, 9.17) is 0 Å². The minimum Gasteiger partial charge on any atom is -0.350 e. The van der Waals surface area contributed by atoms with Gasteiger partial charge in [-0.25, -0.2) is 4.68 Å². The Balaban J connectivity index is 1.60. The van der Waals surface area contributed by atoms with Gasteiger partial charge in [0.25, 0.3) is 0 Å². The highest BCUT2D eigenvalue weighted by molar-refractivity contribution is 5.87. The first kappa shape index (κ1) is 17.2. The largest absolute Gasteiger partial charge is 0.350 e. The van der Waals surface area contributed by atoms with Crippen LogP contribution in [0.25, 0.3) is 5.69 Å². The molecule has 0 saturated heterocycles. The number of rotatable bonds is 6. The van der Waals surface area contributed by atoms with Crippen LogP contribution < -0.4 is 10.6 Å². The van der Waals surface area contributed by atoms with Gasteiger partial charge in [-0.15, -0.1) is 0 Å². The van der Waals surface area contributed by atoms with E-state index in [0.717, 1.165) is 36.9 Å². The first-order chi connectivity index (χ1) is 12.1. The summed E-state index contributed by atoms with van der Waals surface area (Å²) in [5.41, 5.74) is 1.90. The first-order valence-electron chi connectivity index (χ1n) is 8.77. The molecule has 2 N–H and O–H groups in total. The van der Waals surface area contributed by atoms with Gasteiger partial charge in [0.2, 0.25) is 11.8 Å². The molecule has 1 heterocycles. The maximum absolute atomic E-state index is 12.6. The third-order valence-electron chi connectivity index (χ3n) is 4.64. The zero-order valence-corrected chi connectivity index (χ0v) is 14.4. The number of hydrogen-bond acceptors (Lipinski definition) is 3. The summed E-state index contributed by atoms with van der Waals surface area (Å²) in [7, 11) is 0. The van der Waals surface area contributed by atoms with Crippen molar-refractivity contribution in [1.82, 2.24) is 20.4 Å². The summed E-state index contributed by atoms with van der Waals surface area (Å²) < 4.78 is 1.78. The van der Waals surface area contributed by atoms with Crippen molar-refractivity contribution in [1.29, 1.82) is 0 Å². The Morgan fingerprint density at radius 2 is 1.96 bits per heavy atom. The Morgan fingerprint density at radius 3 is 2.64 bits per heavy atom. The van der Waals surface area contributed by atoms with Gasteiger partial charge in [-0.05, 0) is 30.9 Å². The zero-order chi connectivity index (χ0) is 17.6. The smallest absolute Gasteiger partial charge is 0.243 e. The number of nitrogens with one attached hydrogen (secondary N) is 2. The molecular weight excluding hydrogens is 316 g/mol. The van der Waals surface area contributed by atoms with E-state index >= 15 is 0 Å². The van der Waals surface area contributed by atoms with Gasteiger partial charge in [0.1, 0.15) is 6.04 Å². The van der Waals surface area contributed by atoms with Crippen LogP contribution in [-0.4, -0.2) is 27.6 Å². The summed E-state index contributed by atoms with van der Waals surface area (Å²) in [5.74, 6) is -0.0468. The first-order valence-corrected chi connectivity index (χ1v) is 8.77. The molecule has 2 aromatic rings. The van der Waals surface area contributed by atoms with Crippen LogP contribution in [0.3, 0.4) is 0 Å². The van der Waals surface area contributed by atoms with E-state index in [2.05, 4.69) is 15.7 Å². The lowest BCUT2D eigenvalue weighted by Crippen LogP contribution is -2.49. The number of benzene rings is 1. The van der Waals surface area contributed by atoms with Crippen molar-refractivity contribution in [2.75, 3.05) is 0 Å². The maximum atomic E-state index is 12.6. The average Bonchev–Trinajstić information content (AvgIpc) is 3.30. The molecule has 0 aliphatic heterocycles. The summed E-state index contributed by atoms with van der Waals surface area (Å²) in [6, 6.07) is 9.38. The van der Waals surface area contributed by atoms with Crippen LogP contribution in [0.15, 0.2) is 42.7 Å². The molecule has 0 spiro atoms. The lowest BCUT2D eigenvalue weighted by Gasteiger charge is -2.23. The van der Waals surface area contributed by atoms with Crippen molar-refractivity contribution in [3.05, 3.63) is 48.3 Å². The number of amides is 2. The molecule has 1 unspecified atom stereocenters. The highest BCUT2D eigenvalue weighted by Gasteiger charge is 2.31. The number of hydrogen-bond donors (Lipinski definition) is 2. The second kappa shape index (κ2) is 7.96. The molecule has 0 radical (unpaired) electrons. The molecule has 2 amide bonds. The molecule has 1 fully saturated rings. The van der Waals surface area contributed by atoms with Crippen LogP contribution >= 0.6 is 0 Å². The summed E-state index contributed by atoms with van der Waals surface area (Å²) in [6.07, 6.45) is 7.87. The van der Waals surface area contributed by atoms with Crippen molar-refractivity contribution < 1.29 is 9.59 Å². The van der Waals surface area contributed by atoms with Crippen LogP contribution in [0, 0.1) is 5.92 Å². The Labute approximate surface area is 147 Å². The molecule has 3 rings (SSSR count). The Hall–Kier alpha value is -2.63.